The van der Waals surface area contributed by atoms with Gasteiger partial charge in [0.05, 0.1) is 9.94 Å². The van der Waals surface area contributed by atoms with Gasteiger partial charge in [0, 0.05) is 12.7 Å². The van der Waals surface area contributed by atoms with Gasteiger partial charge in [0.15, 0.2) is 0 Å². The van der Waals surface area contributed by atoms with Gasteiger partial charge in [0.25, 0.3) is 0 Å². The van der Waals surface area contributed by atoms with Crippen LogP contribution in [0.4, 0.5) is 0 Å². The van der Waals surface area contributed by atoms with E-state index in [2.05, 4.69) is 0 Å². The molecule has 2 rings (SSSR count). The Morgan fingerprint density at radius 2 is 2.36 bits per heavy atom. The van der Waals surface area contributed by atoms with Crippen molar-refractivity contribution >= 4 is 22.9 Å². The lowest BCUT2D eigenvalue weighted by Crippen LogP contribution is -2.44. The predicted octanol–water partition coefficient (Wildman–Crippen LogP) is 3.00. The zero-order valence-corrected chi connectivity index (χ0v) is 9.57. The second-order valence-corrected chi connectivity index (χ2v) is 5.19. The molecule has 14 heavy (non-hydrogen) atoms. The molecule has 1 heterocycles. The van der Waals surface area contributed by atoms with Crippen LogP contribution in [0.2, 0.25) is 4.34 Å². The summed E-state index contributed by atoms with van der Waals surface area (Å²) in [6.07, 6.45) is 2.36. The monoisotopic (exact) mass is 232 g/mol. The van der Waals surface area contributed by atoms with Crippen LogP contribution in [0.25, 0.3) is 0 Å². The molecule has 0 bridgehead atoms. The number of halogens is 1. The molecular formula is C10H13ClO2S. The van der Waals surface area contributed by atoms with Crippen molar-refractivity contribution in [2.24, 2.45) is 0 Å². The van der Waals surface area contributed by atoms with Crippen molar-refractivity contribution in [2.45, 2.75) is 31.0 Å². The smallest absolute Gasteiger partial charge is 0.110 e. The van der Waals surface area contributed by atoms with Crippen LogP contribution in [-0.4, -0.2) is 17.8 Å². The van der Waals surface area contributed by atoms with Crippen molar-refractivity contribution in [1.29, 1.82) is 0 Å². The van der Waals surface area contributed by atoms with Gasteiger partial charge in [0.2, 0.25) is 0 Å². The third kappa shape index (κ3) is 1.48. The SMILES string of the molecule is COC1(C(O)c2ccsc2Cl)CCC1. The lowest BCUT2D eigenvalue weighted by atomic mass is 9.74. The van der Waals surface area contributed by atoms with Crippen LogP contribution in [-0.2, 0) is 4.74 Å². The number of ether oxygens (including phenoxy) is 1. The fourth-order valence-corrected chi connectivity index (χ4v) is 2.87. The minimum Gasteiger partial charge on any atom is -0.385 e. The number of hydrogen-bond acceptors (Lipinski definition) is 3. The van der Waals surface area contributed by atoms with E-state index in [4.69, 9.17) is 16.3 Å². The van der Waals surface area contributed by atoms with Gasteiger partial charge in [0.1, 0.15) is 6.10 Å². The summed E-state index contributed by atoms with van der Waals surface area (Å²) in [5.41, 5.74) is 0.420. The standard InChI is InChI=1S/C10H13ClO2S/c1-13-10(4-2-5-10)8(12)7-3-6-14-9(7)11/h3,6,8,12H,2,4-5H2,1H3. The highest BCUT2D eigenvalue weighted by Gasteiger charge is 2.45. The molecule has 1 atom stereocenters. The molecule has 0 radical (unpaired) electrons. The Labute approximate surface area is 92.5 Å². The van der Waals surface area contributed by atoms with Crippen molar-refractivity contribution < 1.29 is 9.84 Å². The maximum absolute atomic E-state index is 10.2. The minimum absolute atomic E-state index is 0.384. The summed E-state index contributed by atoms with van der Waals surface area (Å²) in [6.45, 7) is 0. The Hall–Kier alpha value is -0.0900. The number of hydrogen-bond donors (Lipinski definition) is 1. The molecule has 0 amide bonds. The highest BCUT2D eigenvalue weighted by atomic mass is 35.5. The number of aliphatic hydroxyl groups is 1. The molecular weight excluding hydrogens is 220 g/mol. The Kier molecular flexibility index (Phi) is 2.84. The topological polar surface area (TPSA) is 29.5 Å². The Morgan fingerprint density at radius 1 is 1.64 bits per heavy atom. The summed E-state index contributed by atoms with van der Waals surface area (Å²) < 4.78 is 6.08. The van der Waals surface area contributed by atoms with E-state index in [0.29, 0.717) is 4.34 Å². The first-order chi connectivity index (χ1) is 6.69. The molecule has 1 aliphatic carbocycles. The van der Waals surface area contributed by atoms with Crippen LogP contribution in [0, 0.1) is 0 Å². The number of thiophene rings is 1. The van der Waals surface area contributed by atoms with Crippen LogP contribution in [0.1, 0.15) is 30.9 Å². The first-order valence-corrected chi connectivity index (χ1v) is 5.91. The average molecular weight is 233 g/mol. The normalized spacial score (nSPS) is 21.6. The molecule has 0 aliphatic heterocycles. The largest absolute Gasteiger partial charge is 0.385 e. The van der Waals surface area contributed by atoms with E-state index in [-0.39, 0.29) is 5.60 Å². The van der Waals surface area contributed by atoms with Crippen LogP contribution in [0.3, 0.4) is 0 Å². The lowest BCUT2D eigenvalue weighted by Gasteiger charge is -2.44. The van der Waals surface area contributed by atoms with Gasteiger partial charge in [-0.1, -0.05) is 11.6 Å². The van der Waals surface area contributed by atoms with Gasteiger partial charge in [-0.05, 0) is 30.7 Å². The molecule has 78 valence electrons. The fraction of sp³-hybridized carbons (Fsp3) is 0.600. The maximum atomic E-state index is 10.2. The summed E-state index contributed by atoms with van der Waals surface area (Å²) in [4.78, 5) is 0. The van der Waals surface area contributed by atoms with E-state index in [9.17, 15) is 5.11 Å². The summed E-state index contributed by atoms with van der Waals surface area (Å²) >= 11 is 7.43. The third-order valence-electron chi connectivity index (χ3n) is 3.05. The molecule has 1 unspecified atom stereocenters. The summed E-state index contributed by atoms with van der Waals surface area (Å²) in [7, 11) is 1.66. The summed E-state index contributed by atoms with van der Waals surface area (Å²) in [5.74, 6) is 0. The molecule has 1 aromatic rings. The van der Waals surface area contributed by atoms with Gasteiger partial charge >= 0.3 is 0 Å². The lowest BCUT2D eigenvalue weighted by molar-refractivity contribution is -0.151. The average Bonchev–Trinajstić information content (AvgIpc) is 2.50. The van der Waals surface area contributed by atoms with Gasteiger partial charge in [-0.15, -0.1) is 11.3 Å². The second kappa shape index (κ2) is 3.81. The van der Waals surface area contributed by atoms with E-state index in [1.54, 1.807) is 7.11 Å². The highest BCUT2D eigenvalue weighted by molar-refractivity contribution is 7.14. The fourth-order valence-electron chi connectivity index (χ4n) is 1.90. The molecule has 2 nitrogen and oxygen atoms in total. The molecule has 0 saturated heterocycles. The second-order valence-electron chi connectivity index (χ2n) is 3.67. The van der Waals surface area contributed by atoms with E-state index >= 15 is 0 Å². The summed E-state index contributed by atoms with van der Waals surface area (Å²) in [5, 5.41) is 12.0. The van der Waals surface area contributed by atoms with Crippen molar-refractivity contribution in [2.75, 3.05) is 7.11 Å². The first-order valence-electron chi connectivity index (χ1n) is 4.66. The molecule has 1 N–H and O–H groups in total. The van der Waals surface area contributed by atoms with Gasteiger partial charge in [-0.2, -0.15) is 0 Å². The van der Waals surface area contributed by atoms with Gasteiger partial charge in [-0.3, -0.25) is 0 Å². The molecule has 1 aromatic heterocycles. The van der Waals surface area contributed by atoms with E-state index in [1.165, 1.54) is 11.3 Å². The van der Waals surface area contributed by atoms with Crippen molar-refractivity contribution in [1.82, 2.24) is 0 Å². The highest BCUT2D eigenvalue weighted by Crippen LogP contribution is 2.47. The molecule has 1 saturated carbocycles. The van der Waals surface area contributed by atoms with Crippen molar-refractivity contribution in [3.05, 3.63) is 21.3 Å². The number of rotatable bonds is 3. The van der Waals surface area contributed by atoms with Crippen molar-refractivity contribution in [3.8, 4) is 0 Å². The van der Waals surface area contributed by atoms with Gasteiger partial charge in [-0.25, -0.2) is 0 Å². The van der Waals surface area contributed by atoms with Crippen LogP contribution < -0.4 is 0 Å². The Balaban J connectivity index is 2.22. The molecule has 4 heteroatoms. The molecule has 0 aromatic carbocycles. The Morgan fingerprint density at radius 3 is 2.71 bits per heavy atom. The van der Waals surface area contributed by atoms with E-state index in [1.807, 2.05) is 11.4 Å². The van der Waals surface area contributed by atoms with Crippen molar-refractivity contribution in [3.63, 3.8) is 0 Å². The zero-order valence-electron chi connectivity index (χ0n) is 8.00. The quantitative estimate of drug-likeness (QED) is 0.868. The maximum Gasteiger partial charge on any atom is 0.110 e. The van der Waals surface area contributed by atoms with Crippen LogP contribution in [0.15, 0.2) is 11.4 Å². The van der Waals surface area contributed by atoms with Crippen LogP contribution in [0.5, 0.6) is 0 Å². The number of aliphatic hydroxyl groups excluding tert-OH is 1. The Bertz CT molecular complexity index is 314. The third-order valence-corrected chi connectivity index (χ3v) is 4.25. The van der Waals surface area contributed by atoms with Crippen LogP contribution >= 0.6 is 22.9 Å². The number of methoxy groups -OCH3 is 1. The zero-order chi connectivity index (χ0) is 10.2. The summed E-state index contributed by atoms with van der Waals surface area (Å²) in [6, 6.07) is 1.87. The first kappa shape index (κ1) is 10.4. The molecule has 0 spiro atoms. The predicted molar refractivity (Wildman–Crippen MR) is 57.9 cm³/mol. The van der Waals surface area contributed by atoms with E-state index in [0.717, 1.165) is 24.8 Å². The van der Waals surface area contributed by atoms with E-state index < -0.39 is 6.10 Å². The van der Waals surface area contributed by atoms with Gasteiger partial charge < -0.3 is 9.84 Å². The minimum atomic E-state index is -0.583. The molecule has 1 fully saturated rings. The molecule has 1 aliphatic rings.